The summed E-state index contributed by atoms with van der Waals surface area (Å²) in [5.74, 6) is 0.500. The first-order valence-corrected chi connectivity index (χ1v) is 7.00. The highest BCUT2D eigenvalue weighted by atomic mass is 19.4. The predicted molar refractivity (Wildman–Crippen MR) is 75.6 cm³/mol. The lowest BCUT2D eigenvalue weighted by Gasteiger charge is -2.28. The van der Waals surface area contributed by atoms with Gasteiger partial charge in [0.15, 0.2) is 0 Å². The molecule has 1 N–H and O–H groups in total. The van der Waals surface area contributed by atoms with Crippen molar-refractivity contribution in [3.63, 3.8) is 0 Å². The van der Waals surface area contributed by atoms with Gasteiger partial charge in [0.1, 0.15) is 11.6 Å². The molecule has 0 aliphatic carbocycles. The second-order valence-electron chi connectivity index (χ2n) is 5.22. The van der Waals surface area contributed by atoms with Crippen LogP contribution in [-0.4, -0.2) is 38.3 Å². The standard InChI is InChI=1S/C14H20F3N3O/c1-18-12-7-10(14(15,16)17)8-13(19-12)20(2)9-11-5-3-4-6-21-11/h7-8,11H,3-6,9H2,1-2H3,(H,18,19). The number of ether oxygens (including phenoxy) is 1. The Labute approximate surface area is 122 Å². The quantitative estimate of drug-likeness (QED) is 0.927. The molecule has 1 unspecified atom stereocenters. The molecule has 1 aliphatic rings. The Hall–Kier alpha value is -1.50. The van der Waals surface area contributed by atoms with Crippen molar-refractivity contribution in [2.24, 2.45) is 0 Å². The van der Waals surface area contributed by atoms with Crippen molar-refractivity contribution in [2.75, 3.05) is 37.5 Å². The number of halogens is 3. The number of rotatable bonds is 4. The number of hydrogen-bond acceptors (Lipinski definition) is 4. The molecule has 1 atom stereocenters. The van der Waals surface area contributed by atoms with Crippen molar-refractivity contribution >= 4 is 11.6 Å². The minimum Gasteiger partial charge on any atom is -0.376 e. The maximum atomic E-state index is 12.9. The molecule has 1 aliphatic heterocycles. The van der Waals surface area contributed by atoms with E-state index in [1.165, 1.54) is 0 Å². The second kappa shape index (κ2) is 6.51. The summed E-state index contributed by atoms with van der Waals surface area (Å²) >= 11 is 0. The first-order chi connectivity index (χ1) is 9.90. The largest absolute Gasteiger partial charge is 0.416 e. The summed E-state index contributed by atoms with van der Waals surface area (Å²) in [4.78, 5) is 5.90. The smallest absolute Gasteiger partial charge is 0.376 e. The third-order valence-corrected chi connectivity index (χ3v) is 3.54. The zero-order valence-corrected chi connectivity index (χ0v) is 12.2. The first kappa shape index (κ1) is 15.9. The number of alkyl halides is 3. The summed E-state index contributed by atoms with van der Waals surface area (Å²) in [5.41, 5.74) is -0.701. The van der Waals surface area contributed by atoms with Crippen molar-refractivity contribution in [1.82, 2.24) is 4.98 Å². The highest BCUT2D eigenvalue weighted by molar-refractivity contribution is 5.50. The monoisotopic (exact) mass is 303 g/mol. The van der Waals surface area contributed by atoms with Crippen LogP contribution in [0.5, 0.6) is 0 Å². The predicted octanol–water partition coefficient (Wildman–Crippen LogP) is 3.15. The minimum atomic E-state index is -4.38. The van der Waals surface area contributed by atoms with Crippen molar-refractivity contribution in [2.45, 2.75) is 31.5 Å². The van der Waals surface area contributed by atoms with Crippen LogP contribution >= 0.6 is 0 Å². The van der Waals surface area contributed by atoms with Crippen LogP contribution in [0.2, 0.25) is 0 Å². The fourth-order valence-corrected chi connectivity index (χ4v) is 2.35. The van der Waals surface area contributed by atoms with Crippen LogP contribution in [0.4, 0.5) is 24.8 Å². The molecular weight excluding hydrogens is 283 g/mol. The fourth-order valence-electron chi connectivity index (χ4n) is 2.35. The first-order valence-electron chi connectivity index (χ1n) is 7.00. The third-order valence-electron chi connectivity index (χ3n) is 3.54. The van der Waals surface area contributed by atoms with Crippen molar-refractivity contribution in [3.05, 3.63) is 17.7 Å². The van der Waals surface area contributed by atoms with Crippen LogP contribution in [0.1, 0.15) is 24.8 Å². The summed E-state index contributed by atoms with van der Waals surface area (Å²) in [7, 11) is 3.29. The van der Waals surface area contributed by atoms with Gasteiger partial charge in [0.25, 0.3) is 0 Å². The van der Waals surface area contributed by atoms with Crippen molar-refractivity contribution < 1.29 is 17.9 Å². The molecule has 1 aromatic heterocycles. The number of aromatic nitrogens is 1. The van der Waals surface area contributed by atoms with E-state index in [1.807, 2.05) is 0 Å². The van der Waals surface area contributed by atoms with Gasteiger partial charge in [0.2, 0.25) is 0 Å². The van der Waals surface area contributed by atoms with E-state index in [4.69, 9.17) is 4.74 Å². The highest BCUT2D eigenvalue weighted by Crippen LogP contribution is 2.32. The van der Waals surface area contributed by atoms with E-state index in [9.17, 15) is 13.2 Å². The van der Waals surface area contributed by atoms with Gasteiger partial charge in [0.05, 0.1) is 11.7 Å². The minimum absolute atomic E-state index is 0.0538. The molecule has 1 fully saturated rings. The van der Waals surface area contributed by atoms with Gasteiger partial charge < -0.3 is 15.0 Å². The van der Waals surface area contributed by atoms with Crippen LogP contribution in [0.3, 0.4) is 0 Å². The average Bonchev–Trinajstić information content (AvgIpc) is 2.46. The van der Waals surface area contributed by atoms with Crippen LogP contribution < -0.4 is 10.2 Å². The number of likely N-dealkylation sites (N-methyl/N-ethyl adjacent to an activating group) is 1. The molecule has 21 heavy (non-hydrogen) atoms. The van der Waals surface area contributed by atoms with Crippen molar-refractivity contribution in [1.29, 1.82) is 0 Å². The van der Waals surface area contributed by atoms with Crippen molar-refractivity contribution in [3.8, 4) is 0 Å². The summed E-state index contributed by atoms with van der Waals surface area (Å²) in [6.07, 6.45) is -1.26. The second-order valence-corrected chi connectivity index (χ2v) is 5.22. The lowest BCUT2D eigenvalue weighted by molar-refractivity contribution is -0.137. The summed E-state index contributed by atoms with van der Waals surface area (Å²) in [6.45, 7) is 1.26. The topological polar surface area (TPSA) is 37.4 Å². The van der Waals surface area contributed by atoms with Crippen LogP contribution in [0.25, 0.3) is 0 Å². The molecule has 0 radical (unpaired) electrons. The van der Waals surface area contributed by atoms with Crippen LogP contribution in [-0.2, 0) is 10.9 Å². The molecule has 0 spiro atoms. The third kappa shape index (κ3) is 4.23. The zero-order chi connectivity index (χ0) is 15.5. The normalized spacial score (nSPS) is 19.4. The highest BCUT2D eigenvalue weighted by Gasteiger charge is 2.32. The molecule has 0 aromatic carbocycles. The maximum absolute atomic E-state index is 12.9. The summed E-state index contributed by atoms with van der Waals surface area (Å²) in [6, 6.07) is 2.08. The Morgan fingerprint density at radius 2 is 2.14 bits per heavy atom. The molecule has 2 rings (SSSR count). The van der Waals surface area contributed by atoms with Gasteiger partial charge in [-0.05, 0) is 31.4 Å². The molecule has 0 saturated carbocycles. The van der Waals surface area contributed by atoms with E-state index in [2.05, 4.69) is 10.3 Å². The Bertz CT molecular complexity index is 473. The molecule has 2 heterocycles. The maximum Gasteiger partial charge on any atom is 0.416 e. The Morgan fingerprint density at radius 1 is 1.38 bits per heavy atom. The van der Waals surface area contributed by atoms with Gasteiger partial charge >= 0.3 is 6.18 Å². The van der Waals surface area contributed by atoms with Gasteiger partial charge in [-0.25, -0.2) is 4.98 Å². The lowest BCUT2D eigenvalue weighted by Crippen LogP contribution is -2.34. The fraction of sp³-hybridized carbons (Fsp3) is 0.643. The Balaban J connectivity index is 2.17. The Kier molecular flexibility index (Phi) is 4.92. The van der Waals surface area contributed by atoms with E-state index in [-0.39, 0.29) is 11.9 Å². The molecular formula is C14H20F3N3O. The molecule has 118 valence electrons. The molecule has 1 aromatic rings. The van der Waals surface area contributed by atoms with Crippen LogP contribution in [0.15, 0.2) is 12.1 Å². The van der Waals surface area contributed by atoms with Gasteiger partial charge in [-0.2, -0.15) is 13.2 Å². The van der Waals surface area contributed by atoms with Gasteiger partial charge in [-0.3, -0.25) is 0 Å². The molecule has 0 amide bonds. The van der Waals surface area contributed by atoms with Gasteiger partial charge in [0, 0.05) is 27.2 Å². The van der Waals surface area contributed by atoms with E-state index >= 15 is 0 Å². The molecule has 0 bridgehead atoms. The van der Waals surface area contributed by atoms with E-state index in [0.717, 1.165) is 38.0 Å². The Morgan fingerprint density at radius 3 is 2.71 bits per heavy atom. The SMILES string of the molecule is CNc1cc(C(F)(F)F)cc(N(C)CC2CCCCO2)n1. The zero-order valence-electron chi connectivity index (χ0n) is 12.2. The van der Waals surface area contributed by atoms with Gasteiger partial charge in [-0.15, -0.1) is 0 Å². The number of pyridine rings is 1. The number of nitrogens with one attached hydrogen (secondary N) is 1. The number of nitrogens with zero attached hydrogens (tertiary/aromatic N) is 2. The number of hydrogen-bond donors (Lipinski definition) is 1. The van der Waals surface area contributed by atoms with Crippen LogP contribution in [0, 0.1) is 0 Å². The average molecular weight is 303 g/mol. The summed E-state index contributed by atoms with van der Waals surface area (Å²) < 4.78 is 44.3. The molecule has 7 heteroatoms. The molecule has 1 saturated heterocycles. The van der Waals surface area contributed by atoms with E-state index in [1.54, 1.807) is 19.0 Å². The van der Waals surface area contributed by atoms with E-state index < -0.39 is 11.7 Å². The number of anilines is 2. The lowest BCUT2D eigenvalue weighted by atomic mass is 10.1. The summed E-state index contributed by atoms with van der Waals surface area (Å²) in [5, 5.41) is 2.67. The van der Waals surface area contributed by atoms with Gasteiger partial charge in [-0.1, -0.05) is 0 Å². The van der Waals surface area contributed by atoms with E-state index in [0.29, 0.717) is 12.4 Å². The molecule has 4 nitrogen and oxygen atoms in total.